The van der Waals surface area contributed by atoms with Gasteiger partial charge in [0.15, 0.2) is 0 Å². The minimum absolute atomic E-state index is 0.152. The minimum atomic E-state index is -0.152. The molecule has 1 heterocycles. The normalized spacial score (nSPS) is 30.9. The third-order valence-electron chi connectivity index (χ3n) is 7.66. The van der Waals surface area contributed by atoms with E-state index < -0.39 is 0 Å². The first-order valence-electron chi connectivity index (χ1n) is 11.2. The van der Waals surface area contributed by atoms with E-state index in [4.69, 9.17) is 0 Å². The van der Waals surface area contributed by atoms with Crippen molar-refractivity contribution < 1.29 is 4.79 Å². The molecule has 4 fully saturated rings. The van der Waals surface area contributed by atoms with Crippen LogP contribution in [0.5, 0.6) is 0 Å². The Morgan fingerprint density at radius 1 is 1.21 bits per heavy atom. The van der Waals surface area contributed by atoms with Crippen LogP contribution < -0.4 is 5.43 Å². The van der Waals surface area contributed by atoms with Crippen molar-refractivity contribution in [2.45, 2.75) is 72.3 Å². The molecule has 5 heteroatoms. The van der Waals surface area contributed by atoms with Gasteiger partial charge in [-0.15, -0.1) is 0 Å². The molecule has 6 rings (SSSR count). The predicted octanol–water partition coefficient (Wildman–Crippen LogP) is 5.08. The van der Waals surface area contributed by atoms with E-state index in [-0.39, 0.29) is 5.91 Å². The molecular formula is C24H32N4O. The first-order chi connectivity index (χ1) is 13.9. The van der Waals surface area contributed by atoms with Gasteiger partial charge in [0.2, 0.25) is 0 Å². The summed E-state index contributed by atoms with van der Waals surface area (Å²) in [6, 6.07) is 5.72. The van der Waals surface area contributed by atoms with Crippen molar-refractivity contribution in [3.05, 3.63) is 29.6 Å². The summed E-state index contributed by atoms with van der Waals surface area (Å²) in [6.45, 7) is 7.06. The molecule has 29 heavy (non-hydrogen) atoms. The quantitative estimate of drug-likeness (QED) is 0.570. The maximum Gasteiger partial charge on any atom is 0.271 e. The van der Waals surface area contributed by atoms with Crippen LogP contribution >= 0.6 is 0 Å². The van der Waals surface area contributed by atoms with Gasteiger partial charge < -0.3 is 4.57 Å². The number of nitrogens with zero attached hydrogens (tertiary/aromatic N) is 3. The zero-order valence-electron chi connectivity index (χ0n) is 17.9. The van der Waals surface area contributed by atoms with Crippen molar-refractivity contribution >= 4 is 22.7 Å². The van der Waals surface area contributed by atoms with Crippen LogP contribution in [-0.4, -0.2) is 21.2 Å². The molecule has 0 atom stereocenters. The van der Waals surface area contributed by atoms with Crippen molar-refractivity contribution in [1.29, 1.82) is 0 Å². The molecule has 4 saturated carbocycles. The molecule has 4 aliphatic rings. The summed E-state index contributed by atoms with van der Waals surface area (Å²) in [5, 5.41) is 4.49. The van der Waals surface area contributed by atoms with Crippen molar-refractivity contribution in [2.75, 3.05) is 0 Å². The number of imidazole rings is 1. The van der Waals surface area contributed by atoms with E-state index in [9.17, 15) is 4.79 Å². The fourth-order valence-electron chi connectivity index (χ4n) is 7.09. The van der Waals surface area contributed by atoms with Gasteiger partial charge in [-0.3, -0.25) is 4.79 Å². The number of carbonyl (C=O) groups is 1. The summed E-state index contributed by atoms with van der Waals surface area (Å²) in [5.41, 5.74) is 6.87. The van der Waals surface area contributed by atoms with Gasteiger partial charge in [0.1, 0.15) is 5.82 Å². The van der Waals surface area contributed by atoms with Crippen LogP contribution in [0.3, 0.4) is 0 Å². The van der Waals surface area contributed by atoms with Crippen molar-refractivity contribution in [3.63, 3.8) is 0 Å². The van der Waals surface area contributed by atoms with E-state index in [0.29, 0.717) is 11.0 Å². The molecule has 1 aromatic heterocycles. The molecule has 0 unspecified atom stereocenters. The molecule has 5 nitrogen and oxygen atoms in total. The lowest BCUT2D eigenvalue weighted by Gasteiger charge is -2.57. The Hall–Kier alpha value is -2.17. The fourth-order valence-corrected chi connectivity index (χ4v) is 7.09. The highest BCUT2D eigenvalue weighted by atomic mass is 16.2. The Morgan fingerprint density at radius 2 is 1.86 bits per heavy atom. The molecule has 4 aliphatic carbocycles. The second kappa shape index (κ2) is 6.96. The molecule has 0 saturated heterocycles. The first kappa shape index (κ1) is 18.8. The summed E-state index contributed by atoms with van der Waals surface area (Å²) in [5.74, 6) is 3.66. The highest BCUT2D eigenvalue weighted by Gasteiger charge is 2.50. The largest absolute Gasteiger partial charge is 0.329 e. The summed E-state index contributed by atoms with van der Waals surface area (Å²) >= 11 is 0. The average molecular weight is 393 g/mol. The summed E-state index contributed by atoms with van der Waals surface area (Å²) in [4.78, 5) is 17.3. The maximum atomic E-state index is 12.7. The van der Waals surface area contributed by atoms with E-state index in [0.717, 1.165) is 53.3 Å². The standard InChI is InChI=1S/C24H32N4O/c1-4-28-16(3)25-21-10-20(5-6-22(21)28)23(29)27-26-15(2)11-24-12-17-7-18(13-24)9-19(8-17)14-24/h5-6,10,17-19H,4,7-9,11-14H2,1-3H3,(H,27,29)/b26-15-. The van der Waals surface area contributed by atoms with E-state index in [2.05, 4.69) is 33.9 Å². The summed E-state index contributed by atoms with van der Waals surface area (Å²) < 4.78 is 2.16. The lowest BCUT2D eigenvalue weighted by atomic mass is 9.48. The number of carbonyl (C=O) groups excluding carboxylic acids is 1. The summed E-state index contributed by atoms with van der Waals surface area (Å²) in [6.07, 6.45) is 9.53. The van der Waals surface area contributed by atoms with E-state index in [1.54, 1.807) is 0 Å². The highest BCUT2D eigenvalue weighted by Crippen LogP contribution is 2.61. The van der Waals surface area contributed by atoms with Gasteiger partial charge in [-0.25, -0.2) is 10.4 Å². The summed E-state index contributed by atoms with van der Waals surface area (Å²) in [7, 11) is 0. The van der Waals surface area contributed by atoms with Gasteiger partial charge in [0.05, 0.1) is 11.0 Å². The van der Waals surface area contributed by atoms with Gasteiger partial charge in [0, 0.05) is 17.8 Å². The molecule has 154 valence electrons. The first-order valence-corrected chi connectivity index (χ1v) is 11.2. The van der Waals surface area contributed by atoms with Crippen LogP contribution in [0.1, 0.15) is 75.0 Å². The van der Waals surface area contributed by atoms with E-state index in [1.807, 2.05) is 25.1 Å². The van der Waals surface area contributed by atoms with Gasteiger partial charge in [0.25, 0.3) is 5.91 Å². The Balaban J connectivity index is 1.27. The number of hydrogen-bond acceptors (Lipinski definition) is 3. The van der Waals surface area contributed by atoms with Crippen molar-refractivity contribution in [3.8, 4) is 0 Å². The number of hydrogen-bond donors (Lipinski definition) is 1. The molecule has 2 aromatic rings. The van der Waals surface area contributed by atoms with Gasteiger partial charge in [-0.1, -0.05) is 0 Å². The number of rotatable bonds is 5. The molecule has 1 amide bonds. The average Bonchev–Trinajstić information content (AvgIpc) is 2.98. The zero-order chi connectivity index (χ0) is 20.2. The molecule has 1 N–H and O–H groups in total. The Bertz CT molecular complexity index is 951. The maximum absolute atomic E-state index is 12.7. The SMILES string of the molecule is CCn1c(C)nc2cc(C(=O)N/N=C(/C)CC34CC5CC(CC(C5)C3)C4)ccc21. The van der Waals surface area contributed by atoms with E-state index >= 15 is 0 Å². The Morgan fingerprint density at radius 3 is 2.48 bits per heavy atom. The Kier molecular flexibility index (Phi) is 4.52. The van der Waals surface area contributed by atoms with Crippen molar-refractivity contribution in [2.24, 2.45) is 28.3 Å². The number of aromatic nitrogens is 2. The monoisotopic (exact) mass is 392 g/mol. The van der Waals surface area contributed by atoms with Gasteiger partial charge in [-0.05, 0) is 107 Å². The predicted molar refractivity (Wildman–Crippen MR) is 116 cm³/mol. The molecular weight excluding hydrogens is 360 g/mol. The number of aryl methyl sites for hydroxylation is 2. The number of amides is 1. The molecule has 0 aliphatic heterocycles. The van der Waals surface area contributed by atoms with Gasteiger partial charge in [-0.2, -0.15) is 5.10 Å². The van der Waals surface area contributed by atoms with Crippen molar-refractivity contribution in [1.82, 2.24) is 15.0 Å². The zero-order valence-corrected chi connectivity index (χ0v) is 17.9. The third-order valence-corrected chi connectivity index (χ3v) is 7.66. The number of fused-ring (bicyclic) bond motifs is 1. The lowest BCUT2D eigenvalue weighted by Crippen LogP contribution is -2.46. The number of nitrogens with one attached hydrogen (secondary N) is 1. The smallest absolute Gasteiger partial charge is 0.271 e. The topological polar surface area (TPSA) is 59.3 Å². The molecule has 4 bridgehead atoms. The highest BCUT2D eigenvalue weighted by molar-refractivity contribution is 5.98. The van der Waals surface area contributed by atoms with Crippen LogP contribution in [0.4, 0.5) is 0 Å². The molecule has 1 aromatic carbocycles. The molecule has 0 radical (unpaired) electrons. The fraction of sp³-hybridized carbons (Fsp3) is 0.625. The molecule has 0 spiro atoms. The van der Waals surface area contributed by atoms with E-state index in [1.165, 1.54) is 38.5 Å². The second-order valence-corrected chi connectivity index (χ2v) is 9.99. The number of hydrazone groups is 1. The van der Waals surface area contributed by atoms with Crippen LogP contribution in [0.15, 0.2) is 23.3 Å². The van der Waals surface area contributed by atoms with Crippen LogP contribution in [0.25, 0.3) is 11.0 Å². The Labute approximate surface area is 173 Å². The van der Waals surface area contributed by atoms with Gasteiger partial charge >= 0.3 is 0 Å². The lowest BCUT2D eigenvalue weighted by molar-refractivity contribution is -0.0482. The van der Waals surface area contributed by atoms with Crippen LogP contribution in [0, 0.1) is 30.1 Å². The van der Waals surface area contributed by atoms with Crippen LogP contribution in [-0.2, 0) is 6.54 Å². The minimum Gasteiger partial charge on any atom is -0.329 e. The number of benzene rings is 1. The third kappa shape index (κ3) is 3.38. The second-order valence-electron chi connectivity index (χ2n) is 9.99. The van der Waals surface area contributed by atoms with Crippen LogP contribution in [0.2, 0.25) is 0 Å².